The first-order valence-corrected chi connectivity index (χ1v) is 4.97. The maximum absolute atomic E-state index is 11.6. The molecule has 0 aliphatic heterocycles. The second-order valence-corrected chi connectivity index (χ2v) is 4.47. The van der Waals surface area contributed by atoms with Crippen molar-refractivity contribution in [3.8, 4) is 6.07 Å². The number of nitriles is 1. The first-order valence-electron chi connectivity index (χ1n) is 4.97. The van der Waals surface area contributed by atoms with Crippen LogP contribution in [0.25, 0.3) is 0 Å². The number of hydrogen-bond donors (Lipinski definition) is 0. The standard InChI is InChI=1S/C12H12N2O3/c1-12(2,3)11(16)17-10(15)8-4-5-14-9(6-8)7-13/h4-6H,1-3H3. The van der Waals surface area contributed by atoms with Crippen molar-refractivity contribution in [2.45, 2.75) is 20.8 Å². The predicted octanol–water partition coefficient (Wildman–Crippen LogP) is 1.68. The van der Waals surface area contributed by atoms with Crippen LogP contribution < -0.4 is 0 Å². The van der Waals surface area contributed by atoms with Crippen molar-refractivity contribution in [2.75, 3.05) is 0 Å². The molecule has 0 unspecified atom stereocenters. The number of aromatic nitrogens is 1. The zero-order chi connectivity index (χ0) is 13.1. The van der Waals surface area contributed by atoms with Crippen molar-refractivity contribution in [3.05, 3.63) is 29.6 Å². The van der Waals surface area contributed by atoms with Gasteiger partial charge in [-0.05, 0) is 32.9 Å². The van der Waals surface area contributed by atoms with Crippen LogP contribution in [0.3, 0.4) is 0 Å². The lowest BCUT2D eigenvalue weighted by molar-refractivity contribution is -0.146. The van der Waals surface area contributed by atoms with Gasteiger partial charge >= 0.3 is 11.9 Å². The van der Waals surface area contributed by atoms with Crippen molar-refractivity contribution >= 4 is 11.9 Å². The second-order valence-electron chi connectivity index (χ2n) is 4.47. The van der Waals surface area contributed by atoms with Crippen molar-refractivity contribution in [3.63, 3.8) is 0 Å². The molecule has 0 radical (unpaired) electrons. The summed E-state index contributed by atoms with van der Waals surface area (Å²) in [5.74, 6) is -1.39. The Labute approximate surface area is 99.0 Å². The van der Waals surface area contributed by atoms with Crippen LogP contribution in [0.4, 0.5) is 0 Å². The first kappa shape index (κ1) is 12.8. The van der Waals surface area contributed by atoms with Crippen LogP contribution in [0.2, 0.25) is 0 Å². The highest BCUT2D eigenvalue weighted by atomic mass is 16.6. The number of ether oxygens (including phenoxy) is 1. The number of hydrogen-bond acceptors (Lipinski definition) is 5. The van der Waals surface area contributed by atoms with Crippen LogP contribution in [0.1, 0.15) is 36.8 Å². The number of carbonyl (C=O) groups excluding carboxylic acids is 2. The molecule has 0 saturated carbocycles. The number of nitrogens with zero attached hydrogens (tertiary/aromatic N) is 2. The lowest BCUT2D eigenvalue weighted by Crippen LogP contribution is -2.25. The van der Waals surface area contributed by atoms with Crippen molar-refractivity contribution in [1.29, 1.82) is 5.26 Å². The van der Waals surface area contributed by atoms with E-state index in [9.17, 15) is 9.59 Å². The van der Waals surface area contributed by atoms with Gasteiger partial charge in [-0.2, -0.15) is 5.26 Å². The lowest BCUT2D eigenvalue weighted by atomic mass is 9.97. The molecule has 0 amide bonds. The summed E-state index contributed by atoms with van der Waals surface area (Å²) in [6.07, 6.45) is 1.32. The second kappa shape index (κ2) is 4.74. The highest BCUT2D eigenvalue weighted by molar-refractivity contribution is 5.98. The summed E-state index contributed by atoms with van der Waals surface area (Å²) in [4.78, 5) is 26.8. The van der Waals surface area contributed by atoms with E-state index in [0.29, 0.717) is 0 Å². The van der Waals surface area contributed by atoms with Gasteiger partial charge in [-0.25, -0.2) is 9.78 Å². The van der Waals surface area contributed by atoms with Gasteiger partial charge in [0.1, 0.15) is 11.8 Å². The van der Waals surface area contributed by atoms with Crippen LogP contribution in [0.15, 0.2) is 18.3 Å². The maximum atomic E-state index is 11.6. The molecular weight excluding hydrogens is 220 g/mol. The molecule has 1 aromatic heterocycles. The van der Waals surface area contributed by atoms with Gasteiger partial charge in [-0.1, -0.05) is 0 Å². The van der Waals surface area contributed by atoms with Gasteiger partial charge in [0.05, 0.1) is 11.0 Å². The fourth-order valence-corrected chi connectivity index (χ4v) is 0.915. The fraction of sp³-hybridized carbons (Fsp3) is 0.333. The third kappa shape index (κ3) is 3.38. The summed E-state index contributed by atoms with van der Waals surface area (Å²) in [6.45, 7) is 4.95. The monoisotopic (exact) mass is 232 g/mol. The molecule has 0 bridgehead atoms. The molecule has 1 aromatic rings. The van der Waals surface area contributed by atoms with Gasteiger partial charge in [-0.3, -0.25) is 4.79 Å². The van der Waals surface area contributed by atoms with Crippen molar-refractivity contribution < 1.29 is 14.3 Å². The SMILES string of the molecule is CC(C)(C)C(=O)OC(=O)c1ccnc(C#N)c1. The Balaban J connectivity index is 2.85. The van der Waals surface area contributed by atoms with E-state index in [1.54, 1.807) is 26.8 Å². The average Bonchev–Trinajstić information content (AvgIpc) is 2.27. The van der Waals surface area contributed by atoms with Crippen LogP contribution in [-0.4, -0.2) is 16.9 Å². The number of pyridine rings is 1. The van der Waals surface area contributed by atoms with E-state index >= 15 is 0 Å². The van der Waals surface area contributed by atoms with Crippen LogP contribution in [0.5, 0.6) is 0 Å². The largest absolute Gasteiger partial charge is 0.389 e. The summed E-state index contributed by atoms with van der Waals surface area (Å²) in [6, 6.07) is 4.47. The zero-order valence-corrected chi connectivity index (χ0v) is 9.85. The van der Waals surface area contributed by atoms with Gasteiger partial charge in [0.15, 0.2) is 0 Å². The first-order chi connectivity index (χ1) is 7.84. The van der Waals surface area contributed by atoms with Crippen molar-refractivity contribution in [1.82, 2.24) is 4.98 Å². The van der Waals surface area contributed by atoms with Crippen molar-refractivity contribution in [2.24, 2.45) is 5.41 Å². The average molecular weight is 232 g/mol. The summed E-state index contributed by atoms with van der Waals surface area (Å²) in [7, 11) is 0. The number of esters is 2. The molecule has 88 valence electrons. The van der Waals surface area contributed by atoms with E-state index in [1.807, 2.05) is 0 Å². The predicted molar refractivity (Wildman–Crippen MR) is 58.8 cm³/mol. The molecule has 0 N–H and O–H groups in total. The molecule has 0 aliphatic rings. The van der Waals surface area contributed by atoms with E-state index < -0.39 is 17.4 Å². The van der Waals surface area contributed by atoms with Gasteiger partial charge < -0.3 is 4.74 Å². The molecule has 0 saturated heterocycles. The molecule has 0 aromatic carbocycles. The Bertz CT molecular complexity index is 495. The Hall–Kier alpha value is -2.22. The van der Waals surface area contributed by atoms with Gasteiger partial charge in [0.2, 0.25) is 0 Å². The van der Waals surface area contributed by atoms with Crippen LogP contribution >= 0.6 is 0 Å². The summed E-state index contributed by atoms with van der Waals surface area (Å²) < 4.78 is 4.69. The lowest BCUT2D eigenvalue weighted by Gasteiger charge is -2.15. The Morgan fingerprint density at radius 1 is 1.41 bits per heavy atom. The molecule has 0 spiro atoms. The normalized spacial score (nSPS) is 10.5. The summed E-state index contributed by atoms with van der Waals surface area (Å²) >= 11 is 0. The van der Waals surface area contributed by atoms with E-state index in [4.69, 9.17) is 5.26 Å². The molecule has 5 nitrogen and oxygen atoms in total. The molecule has 0 aliphatic carbocycles. The van der Waals surface area contributed by atoms with E-state index in [0.717, 1.165) is 0 Å². The third-order valence-electron chi connectivity index (χ3n) is 1.91. The molecule has 1 heterocycles. The van der Waals surface area contributed by atoms with Gasteiger partial charge in [0.25, 0.3) is 0 Å². The van der Waals surface area contributed by atoms with Crippen LogP contribution in [0, 0.1) is 16.7 Å². The van der Waals surface area contributed by atoms with E-state index in [-0.39, 0.29) is 11.3 Å². The smallest absolute Gasteiger partial charge is 0.345 e. The zero-order valence-electron chi connectivity index (χ0n) is 9.85. The highest BCUT2D eigenvalue weighted by Crippen LogP contribution is 2.16. The van der Waals surface area contributed by atoms with Gasteiger partial charge in [-0.15, -0.1) is 0 Å². The number of rotatable bonds is 1. The minimum Gasteiger partial charge on any atom is -0.389 e. The third-order valence-corrected chi connectivity index (χ3v) is 1.91. The Morgan fingerprint density at radius 2 is 2.06 bits per heavy atom. The molecule has 17 heavy (non-hydrogen) atoms. The Morgan fingerprint density at radius 3 is 2.59 bits per heavy atom. The van der Waals surface area contributed by atoms with E-state index in [2.05, 4.69) is 9.72 Å². The van der Waals surface area contributed by atoms with Crippen LogP contribution in [-0.2, 0) is 9.53 Å². The minimum atomic E-state index is -0.774. The molecule has 5 heteroatoms. The maximum Gasteiger partial charge on any atom is 0.345 e. The minimum absolute atomic E-state index is 0.0997. The Kier molecular flexibility index (Phi) is 3.59. The summed E-state index contributed by atoms with van der Waals surface area (Å²) in [5.41, 5.74) is -0.516. The molecular formula is C12H12N2O3. The van der Waals surface area contributed by atoms with E-state index in [1.165, 1.54) is 18.3 Å². The molecule has 1 rings (SSSR count). The van der Waals surface area contributed by atoms with Gasteiger partial charge in [0, 0.05) is 6.20 Å². The number of carbonyl (C=O) groups is 2. The molecule has 0 fully saturated rings. The topological polar surface area (TPSA) is 80.1 Å². The quantitative estimate of drug-likeness (QED) is 0.543. The summed E-state index contributed by atoms with van der Waals surface area (Å²) in [5, 5.41) is 8.62. The fourth-order valence-electron chi connectivity index (χ4n) is 0.915. The highest BCUT2D eigenvalue weighted by Gasteiger charge is 2.26. The molecule has 0 atom stereocenters.